The van der Waals surface area contributed by atoms with Crippen LogP contribution in [0.1, 0.15) is 27.3 Å². The maximum absolute atomic E-state index is 13.2. The summed E-state index contributed by atoms with van der Waals surface area (Å²) >= 11 is 0. The second-order valence-corrected chi connectivity index (χ2v) is 10.7. The SMILES string of the molecule is Cc1nc2c(C)cc(-c3ccc4c(c3)CN(C(=O)c3ccc(S(C)(=O)=O)cc3)CCO4)cc2[nH]1. The highest BCUT2D eigenvalue weighted by Gasteiger charge is 2.22. The lowest BCUT2D eigenvalue weighted by atomic mass is 9.99. The molecule has 174 valence electrons. The molecular formula is C26H25N3O4S. The lowest BCUT2D eigenvalue weighted by Gasteiger charge is -2.20. The van der Waals surface area contributed by atoms with Crippen molar-refractivity contribution in [2.45, 2.75) is 25.3 Å². The van der Waals surface area contributed by atoms with Crippen molar-refractivity contribution in [3.05, 3.63) is 77.1 Å². The highest BCUT2D eigenvalue weighted by Crippen LogP contribution is 2.32. The number of imidazole rings is 1. The molecule has 0 spiro atoms. The molecule has 0 fully saturated rings. The molecule has 0 saturated carbocycles. The Hall–Kier alpha value is -3.65. The number of rotatable bonds is 3. The van der Waals surface area contributed by atoms with E-state index in [9.17, 15) is 13.2 Å². The molecule has 1 amide bonds. The summed E-state index contributed by atoms with van der Waals surface area (Å²) in [6.45, 7) is 5.22. The number of H-pyrrole nitrogens is 1. The van der Waals surface area contributed by atoms with Crippen LogP contribution < -0.4 is 4.74 Å². The van der Waals surface area contributed by atoms with E-state index in [1.807, 2.05) is 26.0 Å². The van der Waals surface area contributed by atoms with Crippen LogP contribution in [-0.4, -0.2) is 48.6 Å². The number of benzene rings is 3. The number of sulfone groups is 1. The summed E-state index contributed by atoms with van der Waals surface area (Å²) in [4.78, 5) is 23.0. The van der Waals surface area contributed by atoms with E-state index in [0.29, 0.717) is 25.3 Å². The van der Waals surface area contributed by atoms with Crippen LogP contribution in [0.4, 0.5) is 0 Å². The number of ether oxygens (including phenoxy) is 1. The van der Waals surface area contributed by atoms with E-state index in [4.69, 9.17) is 4.74 Å². The Labute approximate surface area is 198 Å². The van der Waals surface area contributed by atoms with Crippen LogP contribution in [0.15, 0.2) is 59.5 Å². The van der Waals surface area contributed by atoms with Crippen LogP contribution >= 0.6 is 0 Å². The standard InChI is InChI=1S/C26H25N3O4S/c1-16-12-20(14-23-25(16)28-17(2)27-23)19-6-9-24-21(13-19)15-29(10-11-33-24)26(30)18-4-7-22(8-5-18)34(3,31)32/h4-9,12-14H,10-11,15H2,1-3H3,(H,27,28). The van der Waals surface area contributed by atoms with Gasteiger partial charge in [-0.25, -0.2) is 13.4 Å². The second-order valence-electron chi connectivity index (χ2n) is 8.71. The van der Waals surface area contributed by atoms with Crippen LogP contribution in [0.25, 0.3) is 22.2 Å². The van der Waals surface area contributed by atoms with E-state index in [-0.39, 0.29) is 10.8 Å². The lowest BCUT2D eigenvalue weighted by molar-refractivity contribution is 0.0733. The minimum atomic E-state index is -3.31. The Morgan fingerprint density at radius 1 is 1.03 bits per heavy atom. The average molecular weight is 476 g/mol. The number of aromatic amines is 1. The van der Waals surface area contributed by atoms with Crippen molar-refractivity contribution in [2.24, 2.45) is 0 Å². The number of fused-ring (bicyclic) bond motifs is 2. The number of carbonyl (C=O) groups excluding carboxylic acids is 1. The zero-order valence-corrected chi connectivity index (χ0v) is 20.1. The molecule has 0 unspecified atom stereocenters. The molecule has 2 heterocycles. The maximum Gasteiger partial charge on any atom is 0.254 e. The van der Waals surface area contributed by atoms with Gasteiger partial charge in [-0.1, -0.05) is 6.07 Å². The minimum absolute atomic E-state index is 0.160. The fraction of sp³-hybridized carbons (Fsp3) is 0.231. The highest BCUT2D eigenvalue weighted by molar-refractivity contribution is 7.90. The van der Waals surface area contributed by atoms with E-state index < -0.39 is 9.84 Å². The third kappa shape index (κ3) is 4.17. The molecule has 4 aromatic rings. The van der Waals surface area contributed by atoms with Crippen molar-refractivity contribution < 1.29 is 17.9 Å². The molecule has 34 heavy (non-hydrogen) atoms. The summed E-state index contributed by atoms with van der Waals surface area (Å²) in [7, 11) is -3.31. The molecule has 0 bridgehead atoms. The molecule has 8 heteroatoms. The van der Waals surface area contributed by atoms with Gasteiger partial charge in [0.2, 0.25) is 0 Å². The number of carbonyl (C=O) groups is 1. The van der Waals surface area contributed by atoms with E-state index >= 15 is 0 Å². The lowest BCUT2D eigenvalue weighted by Crippen LogP contribution is -2.32. The summed E-state index contributed by atoms with van der Waals surface area (Å²) in [5.74, 6) is 1.48. The predicted molar refractivity (Wildman–Crippen MR) is 131 cm³/mol. The van der Waals surface area contributed by atoms with Crippen molar-refractivity contribution in [3.8, 4) is 16.9 Å². The van der Waals surface area contributed by atoms with E-state index in [1.165, 1.54) is 12.1 Å². The normalized spacial score (nSPS) is 13.9. The van der Waals surface area contributed by atoms with Gasteiger partial charge in [0, 0.05) is 23.9 Å². The number of hydrogen-bond acceptors (Lipinski definition) is 5. The Morgan fingerprint density at radius 2 is 1.79 bits per heavy atom. The van der Waals surface area contributed by atoms with Gasteiger partial charge in [0.05, 0.1) is 22.5 Å². The van der Waals surface area contributed by atoms with Crippen LogP contribution in [0.5, 0.6) is 5.75 Å². The third-order valence-corrected chi connectivity index (χ3v) is 7.21. The Bertz CT molecular complexity index is 1520. The largest absolute Gasteiger partial charge is 0.491 e. The van der Waals surface area contributed by atoms with Gasteiger partial charge < -0.3 is 14.6 Å². The number of amides is 1. The number of nitrogens with zero attached hydrogens (tertiary/aromatic N) is 2. The second kappa shape index (κ2) is 8.29. The van der Waals surface area contributed by atoms with Gasteiger partial charge in [-0.2, -0.15) is 0 Å². The molecule has 0 saturated heterocycles. The Balaban J connectivity index is 1.45. The maximum atomic E-state index is 13.2. The van der Waals surface area contributed by atoms with Gasteiger partial charge in [0.1, 0.15) is 18.2 Å². The number of hydrogen-bond donors (Lipinski definition) is 1. The first-order valence-electron chi connectivity index (χ1n) is 11.0. The number of aromatic nitrogens is 2. The van der Waals surface area contributed by atoms with Crippen LogP contribution in [-0.2, 0) is 16.4 Å². The zero-order chi connectivity index (χ0) is 24.0. The zero-order valence-electron chi connectivity index (χ0n) is 19.3. The van der Waals surface area contributed by atoms with Gasteiger partial charge in [0.25, 0.3) is 5.91 Å². The number of aryl methyl sites for hydroxylation is 2. The topological polar surface area (TPSA) is 92.4 Å². The molecular weight excluding hydrogens is 450 g/mol. The van der Waals surface area contributed by atoms with Crippen LogP contribution in [0, 0.1) is 13.8 Å². The highest BCUT2D eigenvalue weighted by atomic mass is 32.2. The van der Waals surface area contributed by atoms with Crippen molar-refractivity contribution in [3.63, 3.8) is 0 Å². The molecule has 0 radical (unpaired) electrons. The van der Waals surface area contributed by atoms with Crippen LogP contribution in [0.3, 0.4) is 0 Å². The quantitative estimate of drug-likeness (QED) is 0.477. The summed E-state index contributed by atoms with van der Waals surface area (Å²) in [5, 5.41) is 0. The van der Waals surface area contributed by atoms with Crippen LogP contribution in [0.2, 0.25) is 0 Å². The smallest absolute Gasteiger partial charge is 0.254 e. The molecule has 0 atom stereocenters. The first-order chi connectivity index (χ1) is 16.2. The molecule has 5 rings (SSSR count). The Morgan fingerprint density at radius 3 is 2.53 bits per heavy atom. The molecule has 0 aliphatic carbocycles. The van der Waals surface area contributed by atoms with E-state index in [1.54, 1.807) is 17.0 Å². The predicted octanol–water partition coefficient (Wildman–Crippen LogP) is 4.29. The van der Waals surface area contributed by atoms with Gasteiger partial charge in [-0.3, -0.25) is 4.79 Å². The summed E-state index contributed by atoms with van der Waals surface area (Å²) in [6.07, 6.45) is 1.15. The fourth-order valence-corrected chi connectivity index (χ4v) is 4.99. The third-order valence-electron chi connectivity index (χ3n) is 6.09. The monoisotopic (exact) mass is 475 g/mol. The summed E-state index contributed by atoms with van der Waals surface area (Å²) in [6, 6.07) is 16.3. The summed E-state index contributed by atoms with van der Waals surface area (Å²) in [5.41, 5.74) is 6.53. The molecule has 1 aromatic heterocycles. The molecule has 1 aliphatic heterocycles. The molecule has 1 aliphatic rings. The number of nitrogens with one attached hydrogen (secondary N) is 1. The average Bonchev–Trinajstić information content (AvgIpc) is 3.06. The molecule has 7 nitrogen and oxygen atoms in total. The Kier molecular flexibility index (Phi) is 5.40. The van der Waals surface area contributed by atoms with Crippen molar-refractivity contribution in [2.75, 3.05) is 19.4 Å². The van der Waals surface area contributed by atoms with Gasteiger partial charge in [-0.05, 0) is 79.1 Å². The summed E-state index contributed by atoms with van der Waals surface area (Å²) < 4.78 is 29.4. The van der Waals surface area contributed by atoms with Gasteiger partial charge >= 0.3 is 0 Å². The van der Waals surface area contributed by atoms with E-state index in [0.717, 1.165) is 51.1 Å². The minimum Gasteiger partial charge on any atom is -0.491 e. The van der Waals surface area contributed by atoms with E-state index in [2.05, 4.69) is 28.2 Å². The van der Waals surface area contributed by atoms with Crippen molar-refractivity contribution in [1.29, 1.82) is 0 Å². The first-order valence-corrected chi connectivity index (χ1v) is 12.9. The fourth-order valence-electron chi connectivity index (χ4n) is 4.35. The molecule has 3 aromatic carbocycles. The van der Waals surface area contributed by atoms with Crippen molar-refractivity contribution in [1.82, 2.24) is 14.9 Å². The molecule has 1 N–H and O–H groups in total. The first kappa shape index (κ1) is 22.2. The van der Waals surface area contributed by atoms with Gasteiger partial charge in [0.15, 0.2) is 9.84 Å². The van der Waals surface area contributed by atoms with Gasteiger partial charge in [-0.15, -0.1) is 0 Å². The van der Waals surface area contributed by atoms with Crippen molar-refractivity contribution >= 4 is 26.8 Å².